The third-order valence-electron chi connectivity index (χ3n) is 2.78. The highest BCUT2D eigenvalue weighted by atomic mass is 16.2. The molecule has 0 radical (unpaired) electrons. The summed E-state index contributed by atoms with van der Waals surface area (Å²) in [6, 6.07) is 8.13. The number of carbonyl (C=O) groups is 1. The van der Waals surface area contributed by atoms with Gasteiger partial charge in [-0.2, -0.15) is 0 Å². The van der Waals surface area contributed by atoms with Crippen molar-refractivity contribution >= 4 is 11.6 Å². The van der Waals surface area contributed by atoms with Crippen molar-refractivity contribution < 1.29 is 4.79 Å². The van der Waals surface area contributed by atoms with Gasteiger partial charge < -0.3 is 4.90 Å². The van der Waals surface area contributed by atoms with Crippen LogP contribution in [0.2, 0.25) is 0 Å². The highest BCUT2D eigenvalue weighted by Gasteiger charge is 2.37. The van der Waals surface area contributed by atoms with Crippen LogP contribution in [0.25, 0.3) is 0 Å². The standard InChI is InChI=1S/C12H15NO/c1-9(14)13-11-7-5-4-6-10(11)8-12(13,2)3/h4-7H,8H2,1-3H3. The largest absolute Gasteiger partial charge is 0.307 e. The third-order valence-corrected chi connectivity index (χ3v) is 2.78. The topological polar surface area (TPSA) is 20.3 Å². The van der Waals surface area contributed by atoms with Gasteiger partial charge in [-0.1, -0.05) is 18.2 Å². The molecule has 0 saturated carbocycles. The number of hydrogen-bond donors (Lipinski definition) is 0. The fraction of sp³-hybridized carbons (Fsp3) is 0.417. The van der Waals surface area contributed by atoms with Crippen molar-refractivity contribution in [1.29, 1.82) is 0 Å². The van der Waals surface area contributed by atoms with Crippen molar-refractivity contribution in [1.82, 2.24) is 0 Å². The van der Waals surface area contributed by atoms with Crippen LogP contribution in [-0.2, 0) is 11.2 Å². The average Bonchev–Trinajstić information content (AvgIpc) is 2.33. The maximum Gasteiger partial charge on any atom is 0.224 e. The van der Waals surface area contributed by atoms with Crippen LogP contribution in [0.4, 0.5) is 5.69 Å². The zero-order valence-corrected chi connectivity index (χ0v) is 8.87. The second kappa shape index (κ2) is 2.84. The molecular weight excluding hydrogens is 174 g/mol. The van der Waals surface area contributed by atoms with Gasteiger partial charge in [0, 0.05) is 18.2 Å². The highest BCUT2D eigenvalue weighted by Crippen LogP contribution is 2.38. The molecule has 1 aliphatic rings. The first kappa shape index (κ1) is 9.25. The number of anilines is 1. The fourth-order valence-corrected chi connectivity index (χ4v) is 2.35. The molecule has 0 bridgehead atoms. The van der Waals surface area contributed by atoms with Gasteiger partial charge in [-0.05, 0) is 31.9 Å². The van der Waals surface area contributed by atoms with E-state index >= 15 is 0 Å². The molecule has 1 aromatic carbocycles. The van der Waals surface area contributed by atoms with Crippen LogP contribution in [0.5, 0.6) is 0 Å². The van der Waals surface area contributed by atoms with E-state index in [9.17, 15) is 4.79 Å². The van der Waals surface area contributed by atoms with Crippen LogP contribution < -0.4 is 4.90 Å². The van der Waals surface area contributed by atoms with E-state index in [1.54, 1.807) is 6.92 Å². The third kappa shape index (κ3) is 1.22. The summed E-state index contributed by atoms with van der Waals surface area (Å²) in [7, 11) is 0. The van der Waals surface area contributed by atoms with Crippen LogP contribution >= 0.6 is 0 Å². The van der Waals surface area contributed by atoms with Crippen LogP contribution in [0.3, 0.4) is 0 Å². The predicted octanol–water partition coefficient (Wildman–Crippen LogP) is 2.37. The summed E-state index contributed by atoms with van der Waals surface area (Å²) in [5.41, 5.74) is 2.27. The Balaban J connectivity index is 2.53. The van der Waals surface area contributed by atoms with E-state index in [2.05, 4.69) is 19.9 Å². The summed E-state index contributed by atoms with van der Waals surface area (Å²) in [5.74, 6) is 0.125. The van der Waals surface area contributed by atoms with Gasteiger partial charge in [-0.3, -0.25) is 4.79 Å². The van der Waals surface area contributed by atoms with Gasteiger partial charge in [0.1, 0.15) is 0 Å². The minimum atomic E-state index is -0.0739. The Hall–Kier alpha value is -1.31. The van der Waals surface area contributed by atoms with E-state index in [0.717, 1.165) is 12.1 Å². The molecular formula is C12H15NO. The van der Waals surface area contributed by atoms with E-state index in [-0.39, 0.29) is 11.4 Å². The van der Waals surface area contributed by atoms with E-state index in [1.807, 2.05) is 23.1 Å². The predicted molar refractivity (Wildman–Crippen MR) is 57.4 cm³/mol. The normalized spacial score (nSPS) is 18.1. The minimum absolute atomic E-state index is 0.0739. The van der Waals surface area contributed by atoms with Gasteiger partial charge in [0.25, 0.3) is 0 Å². The van der Waals surface area contributed by atoms with Gasteiger partial charge >= 0.3 is 0 Å². The number of hydrogen-bond acceptors (Lipinski definition) is 1. The lowest BCUT2D eigenvalue weighted by Gasteiger charge is -2.31. The van der Waals surface area contributed by atoms with Crippen LogP contribution in [-0.4, -0.2) is 11.4 Å². The Morgan fingerprint density at radius 2 is 2.00 bits per heavy atom. The number of rotatable bonds is 0. The van der Waals surface area contributed by atoms with E-state index in [1.165, 1.54) is 5.56 Å². The number of fused-ring (bicyclic) bond motifs is 1. The smallest absolute Gasteiger partial charge is 0.224 e. The summed E-state index contributed by atoms with van der Waals surface area (Å²) < 4.78 is 0. The Kier molecular flexibility index (Phi) is 1.88. The lowest BCUT2D eigenvalue weighted by Crippen LogP contribution is -2.44. The molecule has 0 N–H and O–H groups in total. The Labute approximate surface area is 84.5 Å². The monoisotopic (exact) mass is 189 g/mol. The van der Waals surface area contributed by atoms with Gasteiger partial charge in [-0.25, -0.2) is 0 Å². The fourth-order valence-electron chi connectivity index (χ4n) is 2.35. The van der Waals surface area contributed by atoms with Crippen LogP contribution in [0, 0.1) is 0 Å². The first-order valence-corrected chi connectivity index (χ1v) is 4.91. The molecule has 1 aromatic rings. The second-order valence-electron chi connectivity index (χ2n) is 4.47. The van der Waals surface area contributed by atoms with Crippen molar-refractivity contribution in [3.8, 4) is 0 Å². The summed E-state index contributed by atoms with van der Waals surface area (Å²) >= 11 is 0. The van der Waals surface area contributed by atoms with Gasteiger partial charge in [0.05, 0.1) is 0 Å². The summed E-state index contributed by atoms with van der Waals surface area (Å²) in [5, 5.41) is 0. The molecule has 14 heavy (non-hydrogen) atoms. The van der Waals surface area contributed by atoms with Gasteiger partial charge in [0.15, 0.2) is 0 Å². The number of nitrogens with zero attached hydrogens (tertiary/aromatic N) is 1. The molecule has 1 amide bonds. The molecule has 0 aliphatic carbocycles. The van der Waals surface area contributed by atoms with Crippen molar-refractivity contribution in [2.24, 2.45) is 0 Å². The molecule has 74 valence electrons. The SMILES string of the molecule is CC(=O)N1c2ccccc2CC1(C)C. The molecule has 0 saturated heterocycles. The number of para-hydroxylation sites is 1. The first-order valence-electron chi connectivity index (χ1n) is 4.91. The van der Waals surface area contributed by atoms with Crippen LogP contribution in [0.1, 0.15) is 26.3 Å². The Bertz CT molecular complexity index is 382. The molecule has 0 spiro atoms. The van der Waals surface area contributed by atoms with Crippen molar-refractivity contribution in [3.05, 3.63) is 29.8 Å². The van der Waals surface area contributed by atoms with E-state index < -0.39 is 0 Å². The maximum absolute atomic E-state index is 11.6. The van der Waals surface area contributed by atoms with Gasteiger partial charge in [0.2, 0.25) is 5.91 Å². The molecule has 0 unspecified atom stereocenters. The molecule has 0 atom stereocenters. The van der Waals surface area contributed by atoms with Crippen molar-refractivity contribution in [2.45, 2.75) is 32.7 Å². The minimum Gasteiger partial charge on any atom is -0.307 e. The molecule has 0 aromatic heterocycles. The highest BCUT2D eigenvalue weighted by molar-refractivity contribution is 5.95. The average molecular weight is 189 g/mol. The lowest BCUT2D eigenvalue weighted by atomic mass is 9.99. The van der Waals surface area contributed by atoms with Crippen LogP contribution in [0.15, 0.2) is 24.3 Å². The number of carbonyl (C=O) groups excluding carboxylic acids is 1. The van der Waals surface area contributed by atoms with E-state index in [0.29, 0.717) is 0 Å². The quantitative estimate of drug-likeness (QED) is 0.613. The van der Waals surface area contributed by atoms with E-state index in [4.69, 9.17) is 0 Å². The summed E-state index contributed by atoms with van der Waals surface area (Å²) in [6.45, 7) is 5.84. The van der Waals surface area contributed by atoms with Gasteiger partial charge in [-0.15, -0.1) is 0 Å². The molecule has 1 aliphatic heterocycles. The molecule has 0 fully saturated rings. The summed E-state index contributed by atoms with van der Waals surface area (Å²) in [4.78, 5) is 13.4. The molecule has 2 rings (SSSR count). The zero-order valence-electron chi connectivity index (χ0n) is 8.87. The molecule has 1 heterocycles. The lowest BCUT2D eigenvalue weighted by molar-refractivity contribution is -0.117. The summed E-state index contributed by atoms with van der Waals surface area (Å²) in [6.07, 6.45) is 0.947. The van der Waals surface area contributed by atoms with Crippen molar-refractivity contribution in [3.63, 3.8) is 0 Å². The number of amides is 1. The first-order chi connectivity index (χ1) is 6.52. The molecule has 2 heteroatoms. The number of benzene rings is 1. The molecule has 2 nitrogen and oxygen atoms in total. The van der Waals surface area contributed by atoms with Crippen molar-refractivity contribution in [2.75, 3.05) is 4.90 Å². The Morgan fingerprint density at radius 3 is 2.64 bits per heavy atom. The zero-order chi connectivity index (χ0) is 10.3. The second-order valence-corrected chi connectivity index (χ2v) is 4.47. The maximum atomic E-state index is 11.6. The Morgan fingerprint density at radius 1 is 1.36 bits per heavy atom.